The largest absolute Gasteiger partial charge is 0.423 e. The lowest BCUT2D eigenvalue weighted by atomic mass is 10.2. The molecule has 0 aromatic heterocycles. The normalized spacial score (nSPS) is 10.1. The highest BCUT2D eigenvalue weighted by Gasteiger charge is 2.13. The van der Waals surface area contributed by atoms with Gasteiger partial charge in [-0.3, -0.25) is 10.1 Å². The fourth-order valence-corrected chi connectivity index (χ4v) is 1.87. The van der Waals surface area contributed by atoms with Crippen molar-refractivity contribution >= 4 is 23.3 Å². The number of hydrogen-bond donors (Lipinski definition) is 0. The van der Waals surface area contributed by atoms with Crippen molar-refractivity contribution in [3.8, 4) is 5.75 Å². The molecule has 2 aromatic carbocycles. The number of nitrogens with zero attached hydrogens (tertiary/aromatic N) is 1. The van der Waals surface area contributed by atoms with E-state index in [0.717, 1.165) is 0 Å². The summed E-state index contributed by atoms with van der Waals surface area (Å²) in [4.78, 5) is 22.1. The predicted octanol–water partition coefficient (Wildman–Crippen LogP) is 3.78. The molecule has 0 fully saturated rings. The molecule has 0 saturated carbocycles. The molecule has 2 aromatic rings. The van der Waals surface area contributed by atoms with Crippen LogP contribution in [-0.2, 0) is 0 Å². The molecule has 6 heteroatoms. The molecule has 0 unspecified atom stereocenters. The Labute approximate surface area is 119 Å². The molecular weight excluding hydrogens is 282 g/mol. The predicted molar refractivity (Wildman–Crippen MR) is 74.2 cm³/mol. The zero-order valence-corrected chi connectivity index (χ0v) is 11.3. The van der Waals surface area contributed by atoms with Crippen molar-refractivity contribution in [1.29, 1.82) is 0 Å². The number of carbonyl (C=O) groups is 1. The van der Waals surface area contributed by atoms with Crippen molar-refractivity contribution in [2.75, 3.05) is 0 Å². The lowest BCUT2D eigenvalue weighted by Crippen LogP contribution is -2.08. The van der Waals surface area contributed by atoms with E-state index in [1.54, 1.807) is 25.1 Å². The second-order valence-electron chi connectivity index (χ2n) is 4.11. The zero-order chi connectivity index (χ0) is 14.7. The molecule has 0 aliphatic heterocycles. The van der Waals surface area contributed by atoms with Crippen LogP contribution in [0.15, 0.2) is 42.5 Å². The minimum Gasteiger partial charge on any atom is -0.423 e. The van der Waals surface area contributed by atoms with Crippen molar-refractivity contribution in [3.05, 3.63) is 68.7 Å². The van der Waals surface area contributed by atoms with E-state index < -0.39 is 10.9 Å². The van der Waals surface area contributed by atoms with Crippen molar-refractivity contribution in [2.24, 2.45) is 0 Å². The van der Waals surface area contributed by atoms with Crippen LogP contribution >= 0.6 is 11.6 Å². The monoisotopic (exact) mass is 291 g/mol. The van der Waals surface area contributed by atoms with Crippen molar-refractivity contribution in [2.45, 2.75) is 6.92 Å². The lowest BCUT2D eigenvalue weighted by molar-refractivity contribution is -0.385. The fraction of sp³-hybridized carbons (Fsp3) is 0.0714. The molecule has 0 aliphatic rings. The Morgan fingerprint density at radius 3 is 2.60 bits per heavy atom. The number of nitro groups is 1. The van der Waals surface area contributed by atoms with Gasteiger partial charge in [0.05, 0.1) is 10.5 Å². The third kappa shape index (κ3) is 3.13. The maximum Gasteiger partial charge on any atom is 0.343 e. The van der Waals surface area contributed by atoms with Crippen LogP contribution in [0, 0.1) is 17.0 Å². The molecule has 0 N–H and O–H groups in total. The second kappa shape index (κ2) is 5.71. The lowest BCUT2D eigenvalue weighted by Gasteiger charge is -2.05. The first-order chi connectivity index (χ1) is 9.47. The molecule has 0 amide bonds. The van der Waals surface area contributed by atoms with Gasteiger partial charge in [-0.2, -0.15) is 0 Å². The standard InChI is InChI=1S/C14H10ClNO4/c1-9-7-12(5-6-13(9)16(18)19)20-14(17)10-3-2-4-11(15)8-10/h2-8H,1H3. The summed E-state index contributed by atoms with van der Waals surface area (Å²) in [6.45, 7) is 1.58. The Bertz CT molecular complexity index is 685. The summed E-state index contributed by atoms with van der Waals surface area (Å²) in [6.07, 6.45) is 0. The summed E-state index contributed by atoms with van der Waals surface area (Å²) >= 11 is 5.79. The van der Waals surface area contributed by atoms with Gasteiger partial charge in [0.2, 0.25) is 0 Å². The topological polar surface area (TPSA) is 69.4 Å². The van der Waals surface area contributed by atoms with Crippen molar-refractivity contribution in [3.63, 3.8) is 0 Å². The summed E-state index contributed by atoms with van der Waals surface area (Å²) in [7, 11) is 0. The van der Waals surface area contributed by atoms with Gasteiger partial charge in [-0.15, -0.1) is 0 Å². The van der Waals surface area contributed by atoms with Gasteiger partial charge in [-0.25, -0.2) is 4.79 Å². The van der Waals surface area contributed by atoms with E-state index in [2.05, 4.69) is 0 Å². The minimum atomic E-state index is -0.569. The van der Waals surface area contributed by atoms with E-state index in [1.165, 1.54) is 24.3 Å². The van der Waals surface area contributed by atoms with Gasteiger partial charge in [-0.1, -0.05) is 17.7 Å². The quantitative estimate of drug-likeness (QED) is 0.373. The molecule has 0 radical (unpaired) electrons. The van der Waals surface area contributed by atoms with Crippen LogP contribution in [0.3, 0.4) is 0 Å². The maximum atomic E-state index is 11.9. The SMILES string of the molecule is Cc1cc(OC(=O)c2cccc(Cl)c2)ccc1[N+](=O)[O-]. The Morgan fingerprint density at radius 2 is 2.00 bits per heavy atom. The van der Waals surface area contributed by atoms with Gasteiger partial charge in [-0.05, 0) is 37.3 Å². The number of nitro benzene ring substituents is 1. The first-order valence-corrected chi connectivity index (χ1v) is 6.08. The van der Waals surface area contributed by atoms with E-state index in [0.29, 0.717) is 16.1 Å². The number of benzene rings is 2. The summed E-state index contributed by atoms with van der Waals surface area (Å²) in [5.74, 6) is -0.321. The number of carbonyl (C=O) groups excluding carboxylic acids is 1. The van der Waals surface area contributed by atoms with E-state index in [-0.39, 0.29) is 11.4 Å². The number of ether oxygens (including phenoxy) is 1. The second-order valence-corrected chi connectivity index (χ2v) is 4.54. The summed E-state index contributed by atoms with van der Waals surface area (Å²) < 4.78 is 5.15. The van der Waals surface area contributed by atoms with Crippen LogP contribution in [-0.4, -0.2) is 10.9 Å². The minimum absolute atomic E-state index is 0.0208. The Kier molecular flexibility index (Phi) is 4.00. The summed E-state index contributed by atoms with van der Waals surface area (Å²) in [5, 5.41) is 11.1. The van der Waals surface area contributed by atoms with Crippen LogP contribution in [0.2, 0.25) is 5.02 Å². The summed E-state index contributed by atoms with van der Waals surface area (Å²) in [6, 6.07) is 10.5. The average molecular weight is 292 g/mol. The van der Waals surface area contributed by atoms with Crippen LogP contribution in [0.1, 0.15) is 15.9 Å². The Balaban J connectivity index is 2.20. The number of rotatable bonds is 3. The molecule has 0 saturated heterocycles. The number of esters is 1. The third-order valence-electron chi connectivity index (χ3n) is 2.64. The van der Waals surface area contributed by atoms with Crippen molar-refractivity contribution < 1.29 is 14.5 Å². The van der Waals surface area contributed by atoms with Crippen LogP contribution in [0.4, 0.5) is 5.69 Å². The van der Waals surface area contributed by atoms with Gasteiger partial charge in [0.25, 0.3) is 5.69 Å². The highest BCUT2D eigenvalue weighted by molar-refractivity contribution is 6.30. The van der Waals surface area contributed by atoms with Crippen LogP contribution in [0.25, 0.3) is 0 Å². The van der Waals surface area contributed by atoms with Gasteiger partial charge >= 0.3 is 5.97 Å². The Morgan fingerprint density at radius 1 is 1.25 bits per heavy atom. The molecule has 102 valence electrons. The average Bonchev–Trinajstić information content (AvgIpc) is 2.38. The van der Waals surface area contributed by atoms with Gasteiger partial charge in [0, 0.05) is 16.7 Å². The zero-order valence-electron chi connectivity index (χ0n) is 10.5. The third-order valence-corrected chi connectivity index (χ3v) is 2.87. The molecule has 0 spiro atoms. The van der Waals surface area contributed by atoms with Crippen LogP contribution < -0.4 is 4.74 Å². The molecule has 0 bridgehead atoms. The van der Waals surface area contributed by atoms with Gasteiger partial charge in [0.1, 0.15) is 5.75 Å². The van der Waals surface area contributed by atoms with Crippen molar-refractivity contribution in [1.82, 2.24) is 0 Å². The number of halogens is 1. The smallest absolute Gasteiger partial charge is 0.343 e. The fourth-order valence-electron chi connectivity index (χ4n) is 1.68. The van der Waals surface area contributed by atoms with E-state index >= 15 is 0 Å². The molecule has 0 aliphatic carbocycles. The van der Waals surface area contributed by atoms with Crippen LogP contribution in [0.5, 0.6) is 5.75 Å². The maximum absolute atomic E-state index is 11.9. The first kappa shape index (κ1) is 14.0. The van der Waals surface area contributed by atoms with Gasteiger partial charge in [0.15, 0.2) is 0 Å². The molecule has 20 heavy (non-hydrogen) atoms. The Hall–Kier alpha value is -2.40. The number of aryl methyl sites for hydroxylation is 1. The van der Waals surface area contributed by atoms with E-state index in [9.17, 15) is 14.9 Å². The van der Waals surface area contributed by atoms with Gasteiger partial charge < -0.3 is 4.74 Å². The van der Waals surface area contributed by atoms with E-state index in [1.807, 2.05) is 0 Å². The molecule has 5 nitrogen and oxygen atoms in total. The number of hydrogen-bond acceptors (Lipinski definition) is 4. The molecule has 0 atom stereocenters. The first-order valence-electron chi connectivity index (χ1n) is 5.70. The molecule has 0 heterocycles. The molecular formula is C14H10ClNO4. The van der Waals surface area contributed by atoms with E-state index in [4.69, 9.17) is 16.3 Å². The highest BCUT2D eigenvalue weighted by Crippen LogP contribution is 2.24. The molecule has 2 rings (SSSR count). The highest BCUT2D eigenvalue weighted by atomic mass is 35.5. The summed E-state index contributed by atoms with van der Waals surface area (Å²) in [5.41, 5.74) is 0.715.